The van der Waals surface area contributed by atoms with Crippen LogP contribution in [0.2, 0.25) is 10.0 Å². The van der Waals surface area contributed by atoms with Crippen LogP contribution < -0.4 is 0 Å². The van der Waals surface area contributed by atoms with E-state index in [0.717, 1.165) is 22.5 Å². The Morgan fingerprint density at radius 1 is 0.946 bits per heavy atom. The van der Waals surface area contributed by atoms with E-state index < -0.39 is 46.8 Å². The van der Waals surface area contributed by atoms with Gasteiger partial charge in [0, 0.05) is 23.3 Å². The maximum Gasteiger partial charge on any atom is 0.273 e. The molecule has 0 aromatic heterocycles. The number of nitrogens with zero attached hydrogens (tertiary/aromatic N) is 3. The van der Waals surface area contributed by atoms with Crippen LogP contribution in [0.3, 0.4) is 0 Å². The number of ketones is 1. The molecule has 1 saturated heterocycles. The molecule has 6 atom stereocenters. The number of allylic oxidation sites excluding steroid dienone is 2. The molecule has 37 heavy (non-hydrogen) atoms. The molecule has 0 spiro atoms. The van der Waals surface area contributed by atoms with Crippen molar-refractivity contribution < 1.29 is 24.1 Å². The van der Waals surface area contributed by atoms with Gasteiger partial charge in [0.2, 0.25) is 0 Å². The van der Waals surface area contributed by atoms with Gasteiger partial charge in [-0.2, -0.15) is 5.01 Å². The van der Waals surface area contributed by atoms with Crippen LogP contribution in [0.25, 0.3) is 0 Å². The third kappa shape index (κ3) is 3.67. The monoisotopic (exact) mass is 539 g/mol. The molecule has 4 aliphatic carbocycles. The number of carbonyl (C=O) groups excluding carboxylic acids is 4. The molecule has 1 aliphatic heterocycles. The Balaban J connectivity index is 1.37. The summed E-state index contributed by atoms with van der Waals surface area (Å²) >= 11 is 12.1. The standard InChI is InChI=1S/C26H19Cl2N3O6/c27-19-7-4-13(9-20(19)28)24(33)29(11-21(32)12-2-1-3-14(8-12)31(36)37)30-25(34)22-15-5-6-16(18-10-17(15)18)23(22)26(30)35/h1-9,15-18,22-23H,10-11H2/t15-,16+,17-,18-,22+,23-/m1/s1. The van der Waals surface area contributed by atoms with Gasteiger partial charge in [0.1, 0.15) is 6.54 Å². The number of amides is 3. The first kappa shape index (κ1) is 23.8. The molecule has 3 amide bonds. The summed E-state index contributed by atoms with van der Waals surface area (Å²) in [5.41, 5.74) is -0.296. The Labute approximate surface area is 220 Å². The maximum absolute atomic E-state index is 13.7. The molecule has 2 aromatic rings. The quantitative estimate of drug-likeness (QED) is 0.178. The lowest BCUT2D eigenvalue weighted by Crippen LogP contribution is -2.52. The molecule has 1 heterocycles. The number of imide groups is 1. The molecule has 2 saturated carbocycles. The smallest absolute Gasteiger partial charge is 0.273 e. The molecule has 2 bridgehead atoms. The van der Waals surface area contributed by atoms with Crippen molar-refractivity contribution in [1.29, 1.82) is 0 Å². The number of nitro groups is 1. The Morgan fingerprint density at radius 3 is 2.19 bits per heavy atom. The van der Waals surface area contributed by atoms with E-state index in [1.165, 1.54) is 36.4 Å². The van der Waals surface area contributed by atoms with Crippen molar-refractivity contribution in [2.45, 2.75) is 6.42 Å². The van der Waals surface area contributed by atoms with E-state index >= 15 is 0 Å². The van der Waals surface area contributed by atoms with E-state index in [-0.39, 0.29) is 38.7 Å². The zero-order valence-electron chi connectivity index (χ0n) is 19.1. The number of hydrogen-bond acceptors (Lipinski definition) is 6. The number of rotatable bonds is 6. The minimum atomic E-state index is -0.789. The highest BCUT2D eigenvalue weighted by molar-refractivity contribution is 6.42. The molecule has 0 unspecified atom stereocenters. The fourth-order valence-electron chi connectivity index (χ4n) is 6.21. The van der Waals surface area contributed by atoms with Crippen LogP contribution in [-0.2, 0) is 9.59 Å². The molecule has 188 valence electrons. The molecular weight excluding hydrogens is 521 g/mol. The van der Waals surface area contributed by atoms with Gasteiger partial charge in [0.25, 0.3) is 23.4 Å². The zero-order valence-corrected chi connectivity index (χ0v) is 20.6. The first-order valence-electron chi connectivity index (χ1n) is 11.8. The number of halogens is 2. The molecule has 0 radical (unpaired) electrons. The van der Waals surface area contributed by atoms with Crippen molar-refractivity contribution in [3.05, 3.63) is 85.9 Å². The number of carbonyl (C=O) groups is 4. The average Bonchev–Trinajstić information content (AvgIpc) is 3.67. The summed E-state index contributed by atoms with van der Waals surface area (Å²) < 4.78 is 0. The van der Waals surface area contributed by atoms with Crippen LogP contribution in [0.15, 0.2) is 54.6 Å². The van der Waals surface area contributed by atoms with Gasteiger partial charge in [-0.1, -0.05) is 47.5 Å². The van der Waals surface area contributed by atoms with Gasteiger partial charge >= 0.3 is 0 Å². The summed E-state index contributed by atoms with van der Waals surface area (Å²) in [6, 6.07) is 9.16. The van der Waals surface area contributed by atoms with Crippen LogP contribution in [0, 0.1) is 45.6 Å². The predicted octanol–water partition coefficient (Wildman–Crippen LogP) is 4.19. The minimum Gasteiger partial charge on any atom is -0.292 e. The summed E-state index contributed by atoms with van der Waals surface area (Å²) in [5.74, 6) is -3.07. The molecule has 3 fully saturated rings. The topological polar surface area (TPSA) is 118 Å². The van der Waals surface area contributed by atoms with E-state index in [4.69, 9.17) is 23.2 Å². The van der Waals surface area contributed by atoms with Gasteiger partial charge in [-0.25, -0.2) is 5.01 Å². The van der Waals surface area contributed by atoms with E-state index in [1.54, 1.807) is 0 Å². The van der Waals surface area contributed by atoms with Crippen molar-refractivity contribution in [3.8, 4) is 0 Å². The second kappa shape index (κ2) is 8.49. The zero-order chi connectivity index (χ0) is 26.2. The molecule has 5 aliphatic rings. The number of hydrogen-bond donors (Lipinski definition) is 0. The second-order valence-corrected chi connectivity index (χ2v) is 10.7. The highest BCUT2D eigenvalue weighted by Crippen LogP contribution is 2.65. The SMILES string of the molecule is O=C(CN(C(=O)c1ccc(Cl)c(Cl)c1)N1C(=O)[C@@H]2[C@H]3C=C[C@H]([C@H]4C[C@H]34)[C@@H]2C1=O)c1cccc([N+](=O)[O-])c1. The van der Waals surface area contributed by atoms with E-state index in [9.17, 15) is 29.3 Å². The number of nitro benzene ring substituents is 1. The Bertz CT molecular complexity index is 1410. The lowest BCUT2D eigenvalue weighted by atomic mass is 9.63. The number of Topliss-reactive ketones (excluding diaryl/α,β-unsaturated/α-hetero) is 1. The summed E-state index contributed by atoms with van der Waals surface area (Å²) in [5, 5.41) is 13.1. The fourth-order valence-corrected chi connectivity index (χ4v) is 6.51. The molecule has 11 heteroatoms. The summed E-state index contributed by atoms with van der Waals surface area (Å²) in [6.07, 6.45) is 5.00. The number of benzene rings is 2. The van der Waals surface area contributed by atoms with Crippen LogP contribution in [0.5, 0.6) is 0 Å². The van der Waals surface area contributed by atoms with Crippen molar-refractivity contribution in [2.75, 3.05) is 6.54 Å². The fraction of sp³-hybridized carbons (Fsp3) is 0.308. The third-order valence-corrected chi connectivity index (χ3v) is 8.69. The minimum absolute atomic E-state index is 0.0272. The second-order valence-electron chi connectivity index (χ2n) is 9.87. The van der Waals surface area contributed by atoms with Crippen LogP contribution >= 0.6 is 23.2 Å². The lowest BCUT2D eigenvalue weighted by Gasteiger charge is -2.37. The first-order chi connectivity index (χ1) is 17.7. The van der Waals surface area contributed by atoms with E-state index in [2.05, 4.69) is 0 Å². The van der Waals surface area contributed by atoms with Crippen molar-refractivity contribution in [2.24, 2.45) is 35.5 Å². The molecule has 0 N–H and O–H groups in total. The summed E-state index contributed by atoms with van der Waals surface area (Å²) in [4.78, 5) is 64.9. The summed E-state index contributed by atoms with van der Waals surface area (Å²) in [7, 11) is 0. The van der Waals surface area contributed by atoms with Crippen LogP contribution in [0.1, 0.15) is 27.1 Å². The first-order valence-corrected chi connectivity index (χ1v) is 12.5. The summed E-state index contributed by atoms with van der Waals surface area (Å²) in [6.45, 7) is -0.674. The van der Waals surface area contributed by atoms with E-state index in [1.807, 2.05) is 12.2 Å². The average molecular weight is 540 g/mol. The van der Waals surface area contributed by atoms with Crippen LogP contribution in [-0.4, -0.2) is 45.0 Å². The van der Waals surface area contributed by atoms with Gasteiger partial charge in [-0.3, -0.25) is 29.3 Å². The van der Waals surface area contributed by atoms with Gasteiger partial charge in [0.15, 0.2) is 5.78 Å². The third-order valence-electron chi connectivity index (χ3n) is 7.95. The molecule has 9 nitrogen and oxygen atoms in total. The molecule has 2 aromatic carbocycles. The van der Waals surface area contributed by atoms with E-state index in [0.29, 0.717) is 11.8 Å². The van der Waals surface area contributed by atoms with Gasteiger partial charge in [-0.05, 0) is 48.3 Å². The highest BCUT2D eigenvalue weighted by Gasteiger charge is 2.68. The van der Waals surface area contributed by atoms with Crippen molar-refractivity contribution in [1.82, 2.24) is 10.0 Å². The van der Waals surface area contributed by atoms with Gasteiger partial charge in [-0.15, -0.1) is 0 Å². The number of hydrazine groups is 1. The Morgan fingerprint density at radius 2 is 1.59 bits per heavy atom. The van der Waals surface area contributed by atoms with Crippen molar-refractivity contribution >= 4 is 52.4 Å². The lowest BCUT2D eigenvalue weighted by molar-refractivity contribution is -0.384. The van der Waals surface area contributed by atoms with Crippen LogP contribution in [0.4, 0.5) is 5.69 Å². The predicted molar refractivity (Wildman–Crippen MR) is 131 cm³/mol. The highest BCUT2D eigenvalue weighted by atomic mass is 35.5. The largest absolute Gasteiger partial charge is 0.292 e. The number of non-ortho nitro benzene ring substituents is 1. The van der Waals surface area contributed by atoms with Gasteiger partial charge < -0.3 is 0 Å². The molecule has 7 rings (SSSR count). The molecular formula is C26H19Cl2N3O6. The van der Waals surface area contributed by atoms with Gasteiger partial charge in [0.05, 0.1) is 26.8 Å². The maximum atomic E-state index is 13.7. The van der Waals surface area contributed by atoms with Crippen molar-refractivity contribution in [3.63, 3.8) is 0 Å². The normalized spacial score (nSPS) is 28.6. The Hall–Kier alpha value is -3.56. The Kier molecular flexibility index (Phi) is 5.47.